The quantitative estimate of drug-likeness (QED) is 0.519. The lowest BCUT2D eigenvalue weighted by Crippen LogP contribution is -2.42. The highest BCUT2D eigenvalue weighted by Crippen LogP contribution is 2.23. The van der Waals surface area contributed by atoms with Gasteiger partial charge in [-0.2, -0.15) is 4.98 Å². The van der Waals surface area contributed by atoms with Crippen molar-refractivity contribution in [1.29, 1.82) is 0 Å². The molecule has 2 heterocycles. The van der Waals surface area contributed by atoms with Gasteiger partial charge >= 0.3 is 11.9 Å². The van der Waals surface area contributed by atoms with Gasteiger partial charge in [-0.1, -0.05) is 5.16 Å². The molecule has 8 heteroatoms. The summed E-state index contributed by atoms with van der Waals surface area (Å²) in [5.74, 6) is -1.76. The third-order valence-electron chi connectivity index (χ3n) is 3.17. The number of carbonyl (C=O) groups is 2. The number of benzene rings is 1. The van der Waals surface area contributed by atoms with Crippen molar-refractivity contribution < 1.29 is 23.6 Å². The molecule has 1 aliphatic rings. The molecule has 1 aromatic carbocycles. The molecule has 8 nitrogen and oxygen atoms in total. The Balaban J connectivity index is 1.72. The lowest BCUT2D eigenvalue weighted by atomic mass is 10.2. The Hall–Kier alpha value is -3.16. The van der Waals surface area contributed by atoms with Gasteiger partial charge in [-0.25, -0.2) is 9.59 Å². The van der Waals surface area contributed by atoms with E-state index in [-0.39, 0.29) is 5.57 Å². The molecule has 0 unspecified atom stereocenters. The van der Waals surface area contributed by atoms with Gasteiger partial charge in [-0.05, 0) is 24.3 Å². The third-order valence-corrected chi connectivity index (χ3v) is 3.17. The SMILES string of the molecule is Cc1nc(-c2ccc(NC=C3C(=O)OC(C)(C)OC3=O)cc2)no1. The molecule has 0 amide bonds. The van der Waals surface area contributed by atoms with Gasteiger partial charge < -0.3 is 19.3 Å². The second-order valence-electron chi connectivity index (χ2n) is 5.60. The normalized spacial score (nSPS) is 16.4. The van der Waals surface area contributed by atoms with E-state index in [2.05, 4.69) is 15.5 Å². The first-order chi connectivity index (χ1) is 11.3. The molecule has 0 spiro atoms. The van der Waals surface area contributed by atoms with Crippen LogP contribution >= 0.6 is 0 Å². The third kappa shape index (κ3) is 3.27. The summed E-state index contributed by atoms with van der Waals surface area (Å²) in [7, 11) is 0. The van der Waals surface area contributed by atoms with Crippen molar-refractivity contribution in [3.05, 3.63) is 41.9 Å². The van der Waals surface area contributed by atoms with Crippen LogP contribution in [-0.2, 0) is 19.1 Å². The van der Waals surface area contributed by atoms with Crippen molar-refractivity contribution in [2.24, 2.45) is 0 Å². The standard InChI is InChI=1S/C16H15N3O5/c1-9-18-13(19-24-9)10-4-6-11(7-5-10)17-8-12-14(20)22-16(2,3)23-15(12)21/h4-8,17H,1-3H3. The zero-order valence-electron chi connectivity index (χ0n) is 13.3. The maximum absolute atomic E-state index is 11.8. The number of aryl methyl sites for hydroxylation is 1. The van der Waals surface area contributed by atoms with Crippen LogP contribution in [-0.4, -0.2) is 27.9 Å². The first kappa shape index (κ1) is 15.7. The van der Waals surface area contributed by atoms with Crippen LogP contribution in [0, 0.1) is 6.92 Å². The Morgan fingerprint density at radius 2 is 1.71 bits per heavy atom. The van der Waals surface area contributed by atoms with Crippen LogP contribution < -0.4 is 5.32 Å². The Morgan fingerprint density at radius 3 is 2.25 bits per heavy atom. The van der Waals surface area contributed by atoms with Crippen molar-refractivity contribution in [1.82, 2.24) is 10.1 Å². The van der Waals surface area contributed by atoms with E-state index in [4.69, 9.17) is 14.0 Å². The summed E-state index contributed by atoms with van der Waals surface area (Å²) in [5, 5.41) is 6.69. The number of nitrogens with one attached hydrogen (secondary N) is 1. The molecule has 1 aromatic heterocycles. The highest BCUT2D eigenvalue weighted by atomic mass is 16.7. The molecule has 0 aliphatic carbocycles. The first-order valence-electron chi connectivity index (χ1n) is 7.18. The van der Waals surface area contributed by atoms with E-state index in [1.807, 2.05) is 0 Å². The van der Waals surface area contributed by atoms with Gasteiger partial charge in [0.2, 0.25) is 11.7 Å². The summed E-state index contributed by atoms with van der Waals surface area (Å²) in [5.41, 5.74) is 1.24. The van der Waals surface area contributed by atoms with E-state index in [9.17, 15) is 9.59 Å². The summed E-state index contributed by atoms with van der Waals surface area (Å²) in [6.45, 7) is 4.69. The predicted molar refractivity (Wildman–Crippen MR) is 82.4 cm³/mol. The van der Waals surface area contributed by atoms with Gasteiger partial charge in [0, 0.05) is 38.2 Å². The fourth-order valence-corrected chi connectivity index (χ4v) is 2.07. The van der Waals surface area contributed by atoms with Crippen molar-refractivity contribution in [2.75, 3.05) is 5.32 Å². The fourth-order valence-electron chi connectivity index (χ4n) is 2.07. The molecule has 0 bridgehead atoms. The number of nitrogens with zero attached hydrogens (tertiary/aromatic N) is 2. The van der Waals surface area contributed by atoms with Crippen LogP contribution in [0.15, 0.2) is 40.6 Å². The van der Waals surface area contributed by atoms with Gasteiger partial charge in [0.05, 0.1) is 0 Å². The predicted octanol–water partition coefficient (Wildman–Crippen LogP) is 2.18. The van der Waals surface area contributed by atoms with Crippen LogP contribution in [0.5, 0.6) is 0 Å². The minimum atomic E-state index is -1.25. The summed E-state index contributed by atoms with van der Waals surface area (Å²) in [6.07, 6.45) is 1.26. The number of rotatable bonds is 3. The molecular formula is C16H15N3O5. The largest absolute Gasteiger partial charge is 0.419 e. The van der Waals surface area contributed by atoms with Gasteiger partial charge in [0.1, 0.15) is 0 Å². The van der Waals surface area contributed by atoms with Crippen molar-refractivity contribution in [3.63, 3.8) is 0 Å². The van der Waals surface area contributed by atoms with Crippen LogP contribution in [0.25, 0.3) is 11.4 Å². The number of aromatic nitrogens is 2. The number of hydrogen-bond donors (Lipinski definition) is 1. The van der Waals surface area contributed by atoms with Gasteiger partial charge in [-0.15, -0.1) is 0 Å². The lowest BCUT2D eigenvalue weighted by molar-refractivity contribution is -0.222. The molecule has 1 N–H and O–H groups in total. The molecule has 124 valence electrons. The van der Waals surface area contributed by atoms with Gasteiger partial charge in [0.15, 0.2) is 5.57 Å². The second kappa shape index (κ2) is 5.80. The topological polar surface area (TPSA) is 104 Å². The maximum atomic E-state index is 11.8. The number of anilines is 1. The number of cyclic esters (lactones) is 2. The number of esters is 2. The summed E-state index contributed by atoms with van der Waals surface area (Å²) in [4.78, 5) is 27.8. The monoisotopic (exact) mass is 329 g/mol. The molecule has 1 aliphatic heterocycles. The van der Waals surface area contributed by atoms with E-state index in [0.717, 1.165) is 5.56 Å². The Kier molecular flexibility index (Phi) is 3.80. The minimum Gasteiger partial charge on any atom is -0.419 e. The zero-order chi connectivity index (χ0) is 17.3. The van der Waals surface area contributed by atoms with E-state index in [0.29, 0.717) is 17.4 Å². The maximum Gasteiger partial charge on any atom is 0.350 e. The molecule has 0 saturated carbocycles. The Labute approximate surface area is 137 Å². The number of carbonyl (C=O) groups excluding carboxylic acids is 2. The zero-order valence-corrected chi connectivity index (χ0v) is 13.3. The van der Waals surface area contributed by atoms with E-state index in [1.54, 1.807) is 31.2 Å². The smallest absolute Gasteiger partial charge is 0.350 e. The van der Waals surface area contributed by atoms with Crippen LogP contribution in [0.4, 0.5) is 5.69 Å². The minimum absolute atomic E-state index is 0.202. The van der Waals surface area contributed by atoms with Crippen molar-refractivity contribution in [3.8, 4) is 11.4 Å². The van der Waals surface area contributed by atoms with E-state index >= 15 is 0 Å². The second-order valence-corrected chi connectivity index (χ2v) is 5.60. The van der Waals surface area contributed by atoms with Crippen molar-refractivity contribution >= 4 is 17.6 Å². The van der Waals surface area contributed by atoms with E-state index in [1.165, 1.54) is 20.0 Å². The summed E-state index contributed by atoms with van der Waals surface area (Å²) < 4.78 is 14.9. The fraction of sp³-hybridized carbons (Fsp3) is 0.250. The Bertz CT molecular complexity index is 798. The number of ether oxygens (including phenoxy) is 2. The van der Waals surface area contributed by atoms with Crippen LogP contribution in [0.3, 0.4) is 0 Å². The Morgan fingerprint density at radius 1 is 1.08 bits per heavy atom. The van der Waals surface area contributed by atoms with Gasteiger partial charge in [-0.3, -0.25) is 0 Å². The first-order valence-corrected chi connectivity index (χ1v) is 7.18. The summed E-state index contributed by atoms with van der Waals surface area (Å²) in [6, 6.07) is 7.07. The lowest BCUT2D eigenvalue weighted by Gasteiger charge is -2.29. The number of hydrogen-bond acceptors (Lipinski definition) is 8. The molecule has 3 rings (SSSR count). The van der Waals surface area contributed by atoms with Crippen LogP contribution in [0.1, 0.15) is 19.7 Å². The average molecular weight is 329 g/mol. The molecule has 2 aromatic rings. The molecule has 1 saturated heterocycles. The van der Waals surface area contributed by atoms with Crippen molar-refractivity contribution in [2.45, 2.75) is 26.6 Å². The molecule has 24 heavy (non-hydrogen) atoms. The average Bonchev–Trinajstić information content (AvgIpc) is 2.92. The van der Waals surface area contributed by atoms with Crippen LogP contribution in [0.2, 0.25) is 0 Å². The molecule has 1 fully saturated rings. The highest BCUT2D eigenvalue weighted by molar-refractivity contribution is 6.15. The molecular weight excluding hydrogens is 314 g/mol. The molecule has 0 atom stereocenters. The summed E-state index contributed by atoms with van der Waals surface area (Å²) >= 11 is 0. The molecule has 0 radical (unpaired) electrons. The van der Waals surface area contributed by atoms with E-state index < -0.39 is 17.7 Å². The van der Waals surface area contributed by atoms with Gasteiger partial charge in [0.25, 0.3) is 5.79 Å². The highest BCUT2D eigenvalue weighted by Gasteiger charge is 2.38.